The molecule has 1 aromatic carbocycles. The Morgan fingerprint density at radius 2 is 1.93 bits per heavy atom. The van der Waals surface area contributed by atoms with E-state index in [1.165, 1.54) is 6.20 Å². The van der Waals surface area contributed by atoms with E-state index in [1.54, 1.807) is 18.2 Å². The van der Waals surface area contributed by atoms with Gasteiger partial charge in [-0.2, -0.15) is 5.26 Å². The number of nitrogens with zero attached hydrogens (tertiary/aromatic N) is 4. The molecule has 8 heteroatoms. The molecular formula is C20H15N5O3. The number of allylic oxidation sites excluding steroid dienone is 2. The molecule has 0 spiro atoms. The third kappa shape index (κ3) is 2.40. The van der Waals surface area contributed by atoms with Gasteiger partial charge in [-0.25, -0.2) is 9.97 Å². The van der Waals surface area contributed by atoms with Gasteiger partial charge in [-0.15, -0.1) is 0 Å². The lowest BCUT2D eigenvalue weighted by molar-refractivity contribution is -0.143. The number of carbonyl (C=O) groups is 3. The molecule has 28 heavy (non-hydrogen) atoms. The van der Waals surface area contributed by atoms with Crippen molar-refractivity contribution in [1.29, 1.82) is 5.26 Å². The van der Waals surface area contributed by atoms with E-state index in [0.29, 0.717) is 16.5 Å². The first-order valence-corrected chi connectivity index (χ1v) is 9.05. The summed E-state index contributed by atoms with van der Waals surface area (Å²) in [7, 11) is 0. The molecule has 0 radical (unpaired) electrons. The third-order valence-corrected chi connectivity index (χ3v) is 5.82. The van der Waals surface area contributed by atoms with E-state index < -0.39 is 5.91 Å². The third-order valence-electron chi connectivity index (χ3n) is 5.82. The van der Waals surface area contributed by atoms with E-state index in [2.05, 4.69) is 15.3 Å². The van der Waals surface area contributed by atoms with E-state index in [0.717, 1.165) is 11.3 Å². The molecule has 1 aliphatic heterocycles. The number of rotatable bonds is 3. The number of aromatic nitrogens is 2. The number of hydrogen-bond donors (Lipinski definition) is 1. The van der Waals surface area contributed by atoms with Crippen molar-refractivity contribution in [2.45, 2.75) is 6.42 Å². The van der Waals surface area contributed by atoms with Crippen LogP contribution in [0.2, 0.25) is 0 Å². The first-order valence-electron chi connectivity index (χ1n) is 9.05. The first-order chi connectivity index (χ1) is 13.5. The predicted octanol–water partition coefficient (Wildman–Crippen LogP) is 1.25. The number of anilines is 1. The van der Waals surface area contributed by atoms with Gasteiger partial charge in [0.15, 0.2) is 0 Å². The van der Waals surface area contributed by atoms with Gasteiger partial charge in [-0.3, -0.25) is 24.6 Å². The number of carbonyl (C=O) groups excluding carboxylic acids is 3. The summed E-state index contributed by atoms with van der Waals surface area (Å²) in [5.74, 6) is -1.36. The second-order valence-electron chi connectivity index (χ2n) is 7.39. The van der Waals surface area contributed by atoms with Crippen LogP contribution in [0, 0.1) is 35.0 Å². The van der Waals surface area contributed by atoms with Crippen LogP contribution in [0.15, 0.2) is 36.5 Å². The molecule has 2 heterocycles. The summed E-state index contributed by atoms with van der Waals surface area (Å²) < 4.78 is 0. The summed E-state index contributed by atoms with van der Waals surface area (Å²) >= 11 is 0. The fraction of sp³-hybridized carbons (Fsp3) is 0.300. The zero-order valence-electron chi connectivity index (χ0n) is 14.7. The highest BCUT2D eigenvalue weighted by Crippen LogP contribution is 2.52. The Hall–Kier alpha value is -3.60. The van der Waals surface area contributed by atoms with Crippen LogP contribution < -0.4 is 5.32 Å². The van der Waals surface area contributed by atoms with Gasteiger partial charge in [-0.1, -0.05) is 12.2 Å². The minimum atomic E-state index is -0.519. The van der Waals surface area contributed by atoms with Crippen LogP contribution >= 0.6 is 0 Å². The van der Waals surface area contributed by atoms with Gasteiger partial charge in [0, 0.05) is 11.6 Å². The largest absolute Gasteiger partial charge is 0.293 e. The van der Waals surface area contributed by atoms with Crippen molar-refractivity contribution in [1.82, 2.24) is 14.9 Å². The number of likely N-dealkylation sites (tertiary alicyclic amines) is 1. The highest BCUT2D eigenvalue weighted by Gasteiger charge is 2.59. The molecule has 2 bridgehead atoms. The SMILES string of the molecule is N#Cc1ccc2nc(NC(=O)CN3C(=O)C4C5C=CC(C5)C4C3=O)ncc2c1. The molecule has 1 aromatic heterocycles. The molecule has 3 amide bonds. The Labute approximate surface area is 159 Å². The van der Waals surface area contributed by atoms with Crippen molar-refractivity contribution in [3.8, 4) is 6.07 Å². The topological polar surface area (TPSA) is 116 Å². The monoisotopic (exact) mass is 373 g/mol. The second-order valence-corrected chi connectivity index (χ2v) is 7.39. The lowest BCUT2D eigenvalue weighted by Gasteiger charge is -2.16. The maximum atomic E-state index is 12.6. The molecule has 4 atom stereocenters. The van der Waals surface area contributed by atoms with Crippen LogP contribution in [-0.4, -0.2) is 39.1 Å². The van der Waals surface area contributed by atoms with Crippen molar-refractivity contribution in [3.63, 3.8) is 0 Å². The van der Waals surface area contributed by atoms with Crippen molar-refractivity contribution in [3.05, 3.63) is 42.1 Å². The van der Waals surface area contributed by atoms with Crippen molar-refractivity contribution in [2.75, 3.05) is 11.9 Å². The lowest BCUT2D eigenvalue weighted by atomic mass is 9.85. The molecule has 4 unspecified atom stereocenters. The second kappa shape index (κ2) is 5.96. The number of benzene rings is 1. The van der Waals surface area contributed by atoms with Crippen LogP contribution in [0.25, 0.3) is 10.9 Å². The molecule has 3 aliphatic rings. The average molecular weight is 373 g/mol. The standard InChI is InChI=1S/C20H15N5O3/c21-7-10-1-4-14-13(5-10)8-22-20(23-14)24-15(26)9-25-18(27)16-11-2-3-12(6-11)17(16)19(25)28/h1-5,8,11-12,16-17H,6,9H2,(H,22,23,24,26). The predicted molar refractivity (Wildman–Crippen MR) is 97.3 cm³/mol. The molecule has 2 fully saturated rings. The van der Waals surface area contributed by atoms with Gasteiger partial charge in [0.05, 0.1) is 29.0 Å². The van der Waals surface area contributed by atoms with Gasteiger partial charge in [0.1, 0.15) is 6.54 Å². The van der Waals surface area contributed by atoms with Crippen molar-refractivity contribution >= 4 is 34.6 Å². The fourth-order valence-electron chi connectivity index (χ4n) is 4.59. The summed E-state index contributed by atoms with van der Waals surface area (Å²) in [6, 6.07) is 7.00. The molecule has 5 rings (SSSR count). The van der Waals surface area contributed by atoms with Gasteiger partial charge >= 0.3 is 0 Å². The van der Waals surface area contributed by atoms with E-state index in [1.807, 2.05) is 18.2 Å². The number of fused-ring (bicyclic) bond motifs is 6. The van der Waals surface area contributed by atoms with Crippen LogP contribution in [0.4, 0.5) is 5.95 Å². The minimum Gasteiger partial charge on any atom is -0.293 e. The zero-order valence-corrected chi connectivity index (χ0v) is 14.7. The maximum absolute atomic E-state index is 12.6. The van der Waals surface area contributed by atoms with Crippen LogP contribution in [-0.2, 0) is 14.4 Å². The molecular weight excluding hydrogens is 358 g/mol. The Kier molecular flexibility index (Phi) is 3.52. The molecule has 1 saturated carbocycles. The fourth-order valence-corrected chi connectivity index (χ4v) is 4.59. The van der Waals surface area contributed by atoms with Crippen LogP contribution in [0.3, 0.4) is 0 Å². The normalized spacial score (nSPS) is 27.3. The maximum Gasteiger partial charge on any atom is 0.246 e. The highest BCUT2D eigenvalue weighted by molar-refractivity contribution is 6.09. The zero-order chi connectivity index (χ0) is 19.4. The number of hydrogen-bond acceptors (Lipinski definition) is 6. The summed E-state index contributed by atoms with van der Waals surface area (Å²) in [6.45, 7) is -0.334. The minimum absolute atomic E-state index is 0.0863. The summed E-state index contributed by atoms with van der Waals surface area (Å²) in [4.78, 5) is 47.1. The summed E-state index contributed by atoms with van der Waals surface area (Å²) in [5.41, 5.74) is 1.07. The molecule has 1 saturated heterocycles. The highest BCUT2D eigenvalue weighted by atomic mass is 16.2. The lowest BCUT2D eigenvalue weighted by Crippen LogP contribution is -2.39. The Morgan fingerprint density at radius 1 is 1.21 bits per heavy atom. The first kappa shape index (κ1) is 16.6. The van der Waals surface area contributed by atoms with Gasteiger partial charge in [0.2, 0.25) is 23.7 Å². The Balaban J connectivity index is 1.30. The van der Waals surface area contributed by atoms with E-state index >= 15 is 0 Å². The van der Waals surface area contributed by atoms with Crippen LogP contribution in [0.5, 0.6) is 0 Å². The van der Waals surface area contributed by atoms with E-state index in [9.17, 15) is 14.4 Å². The molecule has 2 aromatic rings. The quantitative estimate of drug-likeness (QED) is 0.639. The number of nitriles is 1. The van der Waals surface area contributed by atoms with Gasteiger partial charge in [0.25, 0.3) is 0 Å². The molecule has 8 nitrogen and oxygen atoms in total. The van der Waals surface area contributed by atoms with E-state index in [-0.39, 0.29) is 48.0 Å². The Bertz CT molecular complexity index is 1090. The average Bonchev–Trinajstić information content (AvgIpc) is 3.37. The molecule has 2 aliphatic carbocycles. The van der Waals surface area contributed by atoms with Crippen molar-refractivity contribution < 1.29 is 14.4 Å². The summed E-state index contributed by atoms with van der Waals surface area (Å²) in [5, 5.41) is 12.2. The Morgan fingerprint density at radius 3 is 2.61 bits per heavy atom. The van der Waals surface area contributed by atoms with Crippen LogP contribution in [0.1, 0.15) is 12.0 Å². The number of amides is 3. The number of nitrogens with one attached hydrogen (secondary N) is 1. The molecule has 138 valence electrons. The number of imide groups is 1. The molecule has 1 N–H and O–H groups in total. The van der Waals surface area contributed by atoms with Crippen molar-refractivity contribution in [2.24, 2.45) is 23.7 Å². The van der Waals surface area contributed by atoms with Gasteiger partial charge < -0.3 is 0 Å². The van der Waals surface area contributed by atoms with Gasteiger partial charge in [-0.05, 0) is 36.5 Å². The van der Waals surface area contributed by atoms with E-state index in [4.69, 9.17) is 5.26 Å². The smallest absolute Gasteiger partial charge is 0.246 e. The summed E-state index contributed by atoms with van der Waals surface area (Å²) in [6.07, 6.45) is 6.40.